The maximum atomic E-state index is 14.2. The van der Waals surface area contributed by atoms with E-state index in [4.69, 9.17) is 0 Å². The lowest BCUT2D eigenvalue weighted by Crippen LogP contribution is -2.45. The molecular weight excluding hydrogens is 567 g/mol. The van der Waals surface area contributed by atoms with Gasteiger partial charge in [-0.3, -0.25) is 14.2 Å². The van der Waals surface area contributed by atoms with Gasteiger partial charge < -0.3 is 10.4 Å². The minimum absolute atomic E-state index is 0.0405. The number of amides is 1. The molecule has 0 saturated heterocycles. The summed E-state index contributed by atoms with van der Waals surface area (Å²) < 4.78 is 44.3. The van der Waals surface area contributed by atoms with Gasteiger partial charge in [0.2, 0.25) is 0 Å². The average Bonchev–Trinajstić information content (AvgIpc) is 2.92. The topological polar surface area (TPSA) is 91.6 Å². The van der Waals surface area contributed by atoms with Crippen LogP contribution in [0.2, 0.25) is 0 Å². The monoisotopic (exact) mass is 595 g/mol. The Bertz CT molecular complexity index is 1760. The van der Waals surface area contributed by atoms with Gasteiger partial charge in [-0.15, -0.1) is 0 Å². The van der Waals surface area contributed by atoms with Crippen molar-refractivity contribution >= 4 is 34.6 Å². The zero-order valence-corrected chi connectivity index (χ0v) is 23.8. The van der Waals surface area contributed by atoms with E-state index in [2.05, 4.69) is 5.32 Å². The highest BCUT2D eigenvalue weighted by atomic mass is 32.2. The fraction of sp³-hybridized carbons (Fsp3) is 0.258. The molecule has 1 atom stereocenters. The predicted molar refractivity (Wildman–Crippen MR) is 156 cm³/mol. The second-order valence-corrected chi connectivity index (χ2v) is 11.7. The highest BCUT2D eigenvalue weighted by Crippen LogP contribution is 2.43. The van der Waals surface area contributed by atoms with Gasteiger partial charge in [0.15, 0.2) is 0 Å². The van der Waals surface area contributed by atoms with Crippen molar-refractivity contribution in [1.29, 1.82) is 0 Å². The second-order valence-electron chi connectivity index (χ2n) is 10.5. The lowest BCUT2D eigenvalue weighted by molar-refractivity contribution is -0.141. The number of halogens is 3. The number of hydrogen-bond acceptors (Lipinski definition) is 5. The van der Waals surface area contributed by atoms with Crippen molar-refractivity contribution in [1.82, 2.24) is 14.2 Å². The molecule has 0 aliphatic carbocycles. The highest BCUT2D eigenvalue weighted by Gasteiger charge is 2.38. The molecule has 0 radical (unpaired) electrons. The van der Waals surface area contributed by atoms with E-state index < -0.39 is 35.2 Å². The summed E-state index contributed by atoms with van der Waals surface area (Å²) in [4.78, 5) is 40.3. The Morgan fingerprint density at radius 1 is 1.07 bits per heavy atom. The molecule has 0 spiro atoms. The van der Waals surface area contributed by atoms with Gasteiger partial charge in [-0.05, 0) is 78.9 Å². The van der Waals surface area contributed by atoms with Crippen molar-refractivity contribution in [3.63, 3.8) is 0 Å². The number of pyridine rings is 1. The number of carboxylic acids is 1. The average molecular weight is 596 g/mol. The Labute approximate surface area is 244 Å². The number of aromatic nitrogens is 1. The maximum Gasteiger partial charge on any atom is 0.416 e. The molecule has 1 amide bonds. The third-order valence-corrected chi connectivity index (χ3v) is 8.15. The second kappa shape index (κ2) is 11.3. The lowest BCUT2D eigenvalue weighted by Gasteiger charge is -2.34. The van der Waals surface area contributed by atoms with Gasteiger partial charge in [-0.2, -0.15) is 13.2 Å². The van der Waals surface area contributed by atoms with E-state index in [1.165, 1.54) is 12.1 Å². The molecule has 218 valence electrons. The first-order chi connectivity index (χ1) is 19.9. The van der Waals surface area contributed by atoms with Crippen LogP contribution in [0.25, 0.3) is 21.9 Å². The Morgan fingerprint density at radius 3 is 2.45 bits per heavy atom. The largest absolute Gasteiger partial charge is 0.480 e. The highest BCUT2D eigenvalue weighted by molar-refractivity contribution is 7.97. The number of fused-ring (bicyclic) bond motifs is 2. The molecule has 42 heavy (non-hydrogen) atoms. The van der Waals surface area contributed by atoms with Gasteiger partial charge >= 0.3 is 12.1 Å². The predicted octanol–water partition coefficient (Wildman–Crippen LogP) is 5.99. The molecule has 2 N–H and O–H groups in total. The van der Waals surface area contributed by atoms with Gasteiger partial charge in [0.1, 0.15) is 16.6 Å². The van der Waals surface area contributed by atoms with Crippen molar-refractivity contribution < 1.29 is 27.9 Å². The number of hydrogen-bond donors (Lipinski definition) is 2. The Morgan fingerprint density at radius 2 is 1.76 bits per heavy atom. The van der Waals surface area contributed by atoms with Crippen molar-refractivity contribution in [2.24, 2.45) is 0 Å². The summed E-state index contributed by atoms with van der Waals surface area (Å²) in [6.45, 7) is 3.39. The Kier molecular flexibility index (Phi) is 7.91. The van der Waals surface area contributed by atoms with Crippen molar-refractivity contribution in [2.45, 2.75) is 43.6 Å². The molecule has 0 saturated carbocycles. The van der Waals surface area contributed by atoms with Crippen LogP contribution in [0.3, 0.4) is 0 Å². The van der Waals surface area contributed by atoms with Crippen LogP contribution in [-0.4, -0.2) is 45.5 Å². The molecule has 1 unspecified atom stereocenters. The number of carbonyl (C=O) groups excluding carboxylic acids is 1. The first-order valence-corrected chi connectivity index (χ1v) is 14.0. The Hall–Kier alpha value is -4.09. The molecule has 1 aliphatic heterocycles. The van der Waals surface area contributed by atoms with E-state index in [0.29, 0.717) is 0 Å². The zero-order chi connectivity index (χ0) is 30.3. The third-order valence-electron chi connectivity index (χ3n) is 7.11. The number of nitrogens with one attached hydrogen (secondary N) is 1. The number of aliphatic carboxylic acids is 1. The molecule has 5 rings (SSSR count). The third kappa shape index (κ3) is 5.54. The molecule has 0 bridgehead atoms. The number of carboxylic acid groups (broad SMARTS) is 1. The number of nitrogens with zero attached hydrogens (tertiary/aromatic N) is 2. The van der Waals surface area contributed by atoms with Gasteiger partial charge in [0, 0.05) is 18.2 Å². The van der Waals surface area contributed by atoms with Crippen LogP contribution in [0.1, 0.15) is 46.9 Å². The van der Waals surface area contributed by atoms with Crippen LogP contribution < -0.4 is 10.9 Å². The first-order valence-electron chi connectivity index (χ1n) is 13.2. The minimum atomic E-state index is -4.65. The smallest absolute Gasteiger partial charge is 0.416 e. The molecule has 0 fully saturated rings. The van der Waals surface area contributed by atoms with Crippen LogP contribution in [0.15, 0.2) is 76.6 Å². The van der Waals surface area contributed by atoms with Crippen LogP contribution in [0.4, 0.5) is 13.2 Å². The normalized spacial score (nSPS) is 15.5. The minimum Gasteiger partial charge on any atom is -0.480 e. The van der Waals surface area contributed by atoms with Gasteiger partial charge in [0.25, 0.3) is 11.5 Å². The van der Waals surface area contributed by atoms with Crippen molar-refractivity contribution in [3.8, 4) is 11.1 Å². The first kappa shape index (κ1) is 29.4. The number of carbonyl (C=O) groups is 2. The van der Waals surface area contributed by atoms with E-state index in [0.717, 1.165) is 45.0 Å². The van der Waals surface area contributed by atoms with Crippen molar-refractivity contribution in [3.05, 3.63) is 99.3 Å². The number of rotatable bonds is 6. The molecular formula is C31H28F3N3O4S. The van der Waals surface area contributed by atoms with E-state index in [1.54, 1.807) is 25.2 Å². The molecule has 3 aromatic carbocycles. The van der Waals surface area contributed by atoms with Gasteiger partial charge in [0.05, 0.1) is 5.56 Å². The number of benzene rings is 3. The summed E-state index contributed by atoms with van der Waals surface area (Å²) in [7, 11) is 1.65. The van der Waals surface area contributed by atoms with E-state index >= 15 is 0 Å². The Balaban J connectivity index is 1.92. The summed E-state index contributed by atoms with van der Waals surface area (Å²) in [5.41, 5.74) is -0.676. The van der Waals surface area contributed by atoms with Gasteiger partial charge in [-0.25, -0.2) is 9.10 Å². The zero-order valence-electron chi connectivity index (χ0n) is 23.0. The van der Waals surface area contributed by atoms with Crippen LogP contribution in [0, 0.1) is 0 Å². The van der Waals surface area contributed by atoms with E-state index in [1.807, 2.05) is 42.5 Å². The maximum absolute atomic E-state index is 14.2. The molecule has 4 aromatic rings. The van der Waals surface area contributed by atoms with E-state index in [-0.39, 0.29) is 46.3 Å². The standard InChI is InChI=1S/C31H28F3N3O4S/c1-17(2)35-27(38)26-23(15-19-10-6-9-18-8-4-5-13-22(18)19)25(20-11-7-12-21(14-20)31(32,33)34)29-37(28(26)39)24(30(40)41)16-36(3)42-29/h4-14,17,24H,15-16H2,1-3H3,(H,35,38)(H,40,41). The molecule has 1 aliphatic rings. The number of likely N-dealkylation sites (N-methyl/N-ethyl adjacent to an activating group) is 1. The van der Waals surface area contributed by atoms with Crippen molar-refractivity contribution in [2.75, 3.05) is 13.6 Å². The molecule has 7 nitrogen and oxygen atoms in total. The summed E-state index contributed by atoms with van der Waals surface area (Å²) in [6.07, 6.45) is -4.61. The van der Waals surface area contributed by atoms with Crippen LogP contribution >= 0.6 is 11.9 Å². The summed E-state index contributed by atoms with van der Waals surface area (Å²) >= 11 is 1.06. The fourth-order valence-electron chi connectivity index (χ4n) is 5.32. The molecule has 11 heteroatoms. The summed E-state index contributed by atoms with van der Waals surface area (Å²) in [5.74, 6) is -2.01. The molecule has 2 heterocycles. The number of alkyl halides is 3. The van der Waals surface area contributed by atoms with Gasteiger partial charge in [-0.1, -0.05) is 54.6 Å². The fourth-order valence-corrected chi connectivity index (χ4v) is 6.46. The lowest BCUT2D eigenvalue weighted by atomic mass is 9.89. The molecule has 1 aromatic heterocycles. The quantitative estimate of drug-likeness (QED) is 0.266. The summed E-state index contributed by atoms with van der Waals surface area (Å²) in [6, 6.07) is 16.1. The van der Waals surface area contributed by atoms with Crippen LogP contribution in [0.5, 0.6) is 0 Å². The SMILES string of the molecule is CC(C)NC(=O)c1c(Cc2cccc3ccccc23)c(-c2cccc(C(F)(F)F)c2)c2n(c1=O)C(C(=O)O)CN(C)S2. The van der Waals surface area contributed by atoms with Crippen LogP contribution in [-0.2, 0) is 17.4 Å². The van der Waals surface area contributed by atoms with E-state index in [9.17, 15) is 32.7 Å². The summed E-state index contributed by atoms with van der Waals surface area (Å²) in [5, 5.41) is 14.8.